The molecule has 0 bridgehead atoms. The molecule has 0 heterocycles. The van der Waals surface area contributed by atoms with Gasteiger partial charge in [0.05, 0.1) is 12.5 Å². The molecule has 1 fully saturated rings. The van der Waals surface area contributed by atoms with Crippen LogP contribution in [0, 0.1) is 5.92 Å². The molecule has 0 spiro atoms. The minimum atomic E-state index is -0.0372. The molecule has 1 saturated carbocycles. The van der Waals surface area contributed by atoms with Gasteiger partial charge in [0.15, 0.2) is 0 Å². The van der Waals surface area contributed by atoms with Gasteiger partial charge in [-0.05, 0) is 50.5 Å². The first-order chi connectivity index (χ1) is 9.19. The SMILES string of the molecule is CCOC(=O)C1CCCC(Nc2ccc(Br)cc2)C1. The molecule has 104 valence electrons. The van der Waals surface area contributed by atoms with E-state index in [2.05, 4.69) is 33.4 Å². The normalized spacial score (nSPS) is 22.8. The zero-order valence-corrected chi connectivity index (χ0v) is 12.8. The standard InChI is InChI=1S/C15H20BrNO2/c1-2-19-15(18)11-4-3-5-14(10-11)17-13-8-6-12(16)7-9-13/h6-9,11,14,17H,2-5,10H2,1H3. The first kappa shape index (κ1) is 14.4. The largest absolute Gasteiger partial charge is 0.466 e. The molecule has 2 rings (SSSR count). The van der Waals surface area contributed by atoms with Crippen molar-refractivity contribution in [1.29, 1.82) is 0 Å². The molecule has 1 aliphatic rings. The van der Waals surface area contributed by atoms with E-state index in [0.717, 1.165) is 35.8 Å². The van der Waals surface area contributed by atoms with Crippen LogP contribution in [0.25, 0.3) is 0 Å². The molecule has 1 aromatic carbocycles. The van der Waals surface area contributed by atoms with E-state index < -0.39 is 0 Å². The third-order valence-corrected chi connectivity index (χ3v) is 4.04. The minimum absolute atomic E-state index is 0.0372. The van der Waals surface area contributed by atoms with Crippen LogP contribution in [0.2, 0.25) is 0 Å². The molecule has 0 aromatic heterocycles. The van der Waals surface area contributed by atoms with Gasteiger partial charge in [-0.2, -0.15) is 0 Å². The average Bonchev–Trinajstić information content (AvgIpc) is 2.42. The lowest BCUT2D eigenvalue weighted by molar-refractivity contribution is -0.149. The van der Waals surface area contributed by atoms with Gasteiger partial charge in [-0.1, -0.05) is 22.4 Å². The van der Waals surface area contributed by atoms with Crippen molar-refractivity contribution in [2.24, 2.45) is 5.92 Å². The van der Waals surface area contributed by atoms with Crippen LogP contribution in [0.15, 0.2) is 28.7 Å². The topological polar surface area (TPSA) is 38.3 Å². The molecule has 4 heteroatoms. The van der Waals surface area contributed by atoms with Crippen molar-refractivity contribution in [3.8, 4) is 0 Å². The number of ether oxygens (including phenoxy) is 1. The van der Waals surface area contributed by atoms with Crippen LogP contribution < -0.4 is 5.32 Å². The highest BCUT2D eigenvalue weighted by Crippen LogP contribution is 2.28. The molecule has 2 unspecified atom stereocenters. The van der Waals surface area contributed by atoms with Crippen molar-refractivity contribution in [2.75, 3.05) is 11.9 Å². The van der Waals surface area contributed by atoms with Crippen LogP contribution in [0.5, 0.6) is 0 Å². The molecule has 2 atom stereocenters. The van der Waals surface area contributed by atoms with Crippen LogP contribution in [0.1, 0.15) is 32.6 Å². The van der Waals surface area contributed by atoms with Crippen molar-refractivity contribution in [3.63, 3.8) is 0 Å². The summed E-state index contributed by atoms with van der Waals surface area (Å²) >= 11 is 3.43. The summed E-state index contributed by atoms with van der Waals surface area (Å²) in [5.74, 6) is 0.0199. The van der Waals surface area contributed by atoms with Gasteiger partial charge in [-0.15, -0.1) is 0 Å². The lowest BCUT2D eigenvalue weighted by Crippen LogP contribution is -2.32. The molecule has 0 amide bonds. The highest BCUT2D eigenvalue weighted by Gasteiger charge is 2.28. The number of rotatable bonds is 4. The van der Waals surface area contributed by atoms with E-state index in [1.165, 1.54) is 0 Å². The number of halogens is 1. The number of carbonyl (C=O) groups excluding carboxylic acids is 1. The Balaban J connectivity index is 1.90. The van der Waals surface area contributed by atoms with Crippen molar-refractivity contribution < 1.29 is 9.53 Å². The van der Waals surface area contributed by atoms with E-state index in [9.17, 15) is 4.79 Å². The molecule has 1 aliphatic carbocycles. The molecule has 3 nitrogen and oxygen atoms in total. The highest BCUT2D eigenvalue weighted by molar-refractivity contribution is 9.10. The van der Waals surface area contributed by atoms with Gasteiger partial charge in [0.2, 0.25) is 0 Å². The van der Waals surface area contributed by atoms with E-state index in [1.54, 1.807) is 0 Å². The molecular weight excluding hydrogens is 306 g/mol. The lowest BCUT2D eigenvalue weighted by atomic mass is 9.85. The Morgan fingerprint density at radius 2 is 2.11 bits per heavy atom. The Bertz CT molecular complexity index is 419. The van der Waals surface area contributed by atoms with Crippen molar-refractivity contribution in [3.05, 3.63) is 28.7 Å². The second-order valence-electron chi connectivity index (χ2n) is 4.96. The van der Waals surface area contributed by atoms with Gasteiger partial charge < -0.3 is 10.1 Å². The Kier molecular flexibility index (Phi) is 5.25. The van der Waals surface area contributed by atoms with Gasteiger partial charge in [0, 0.05) is 16.2 Å². The van der Waals surface area contributed by atoms with Crippen molar-refractivity contribution >= 4 is 27.6 Å². The fourth-order valence-corrected chi connectivity index (χ4v) is 2.84. The van der Waals surface area contributed by atoms with Gasteiger partial charge in [0.1, 0.15) is 0 Å². The smallest absolute Gasteiger partial charge is 0.308 e. The predicted octanol–water partition coefficient (Wildman–Crippen LogP) is 3.98. The first-order valence-corrected chi connectivity index (χ1v) is 7.67. The summed E-state index contributed by atoms with van der Waals surface area (Å²) in [6.07, 6.45) is 4.02. The number of carbonyl (C=O) groups is 1. The molecule has 0 aliphatic heterocycles. The quantitative estimate of drug-likeness (QED) is 0.851. The third kappa shape index (κ3) is 4.23. The number of hydrogen-bond acceptors (Lipinski definition) is 3. The highest BCUT2D eigenvalue weighted by atomic mass is 79.9. The number of hydrogen-bond donors (Lipinski definition) is 1. The van der Waals surface area contributed by atoms with E-state index in [1.807, 2.05) is 19.1 Å². The maximum Gasteiger partial charge on any atom is 0.308 e. The summed E-state index contributed by atoms with van der Waals surface area (Å²) < 4.78 is 6.20. The number of anilines is 1. The summed E-state index contributed by atoms with van der Waals surface area (Å²) in [5, 5.41) is 3.51. The second kappa shape index (κ2) is 6.94. The number of benzene rings is 1. The minimum Gasteiger partial charge on any atom is -0.466 e. The van der Waals surface area contributed by atoms with Crippen molar-refractivity contribution in [1.82, 2.24) is 0 Å². The summed E-state index contributed by atoms with van der Waals surface area (Å²) in [5.41, 5.74) is 1.11. The summed E-state index contributed by atoms with van der Waals surface area (Å²) in [7, 11) is 0. The molecule has 19 heavy (non-hydrogen) atoms. The van der Waals surface area contributed by atoms with Crippen molar-refractivity contribution in [2.45, 2.75) is 38.6 Å². The fourth-order valence-electron chi connectivity index (χ4n) is 2.58. The van der Waals surface area contributed by atoms with E-state index >= 15 is 0 Å². The zero-order chi connectivity index (χ0) is 13.7. The average molecular weight is 326 g/mol. The molecule has 0 saturated heterocycles. The van der Waals surface area contributed by atoms with Gasteiger partial charge in [0.25, 0.3) is 0 Å². The third-order valence-electron chi connectivity index (χ3n) is 3.51. The van der Waals surface area contributed by atoms with E-state index in [-0.39, 0.29) is 11.9 Å². The Labute approximate surface area is 122 Å². The monoisotopic (exact) mass is 325 g/mol. The zero-order valence-electron chi connectivity index (χ0n) is 11.2. The lowest BCUT2D eigenvalue weighted by Gasteiger charge is -2.29. The molecule has 1 N–H and O–H groups in total. The second-order valence-corrected chi connectivity index (χ2v) is 5.88. The van der Waals surface area contributed by atoms with Gasteiger partial charge in [-0.3, -0.25) is 4.79 Å². The fraction of sp³-hybridized carbons (Fsp3) is 0.533. The van der Waals surface area contributed by atoms with Crippen LogP contribution in [-0.2, 0) is 9.53 Å². The first-order valence-electron chi connectivity index (χ1n) is 6.87. The summed E-state index contributed by atoms with van der Waals surface area (Å²) in [6.45, 7) is 2.33. The summed E-state index contributed by atoms with van der Waals surface area (Å²) in [4.78, 5) is 11.8. The molecule has 1 aromatic rings. The molecule has 0 radical (unpaired) electrons. The number of esters is 1. The number of nitrogens with one attached hydrogen (secondary N) is 1. The van der Waals surface area contributed by atoms with Crippen LogP contribution in [-0.4, -0.2) is 18.6 Å². The van der Waals surface area contributed by atoms with Gasteiger partial charge in [-0.25, -0.2) is 0 Å². The Morgan fingerprint density at radius 1 is 1.37 bits per heavy atom. The molecular formula is C15H20BrNO2. The predicted molar refractivity (Wildman–Crippen MR) is 80.1 cm³/mol. The van der Waals surface area contributed by atoms with Crippen LogP contribution in [0.4, 0.5) is 5.69 Å². The van der Waals surface area contributed by atoms with Crippen LogP contribution in [0.3, 0.4) is 0 Å². The summed E-state index contributed by atoms with van der Waals surface area (Å²) in [6, 6.07) is 8.52. The van der Waals surface area contributed by atoms with Crippen LogP contribution >= 0.6 is 15.9 Å². The Hall–Kier alpha value is -1.03. The maximum atomic E-state index is 11.8. The Morgan fingerprint density at radius 3 is 2.79 bits per heavy atom. The van der Waals surface area contributed by atoms with E-state index in [0.29, 0.717) is 12.6 Å². The van der Waals surface area contributed by atoms with Gasteiger partial charge >= 0.3 is 5.97 Å². The maximum absolute atomic E-state index is 11.8. The van der Waals surface area contributed by atoms with E-state index in [4.69, 9.17) is 4.74 Å².